The fourth-order valence-electron chi connectivity index (χ4n) is 4.17. The first-order chi connectivity index (χ1) is 18.0. The van der Waals surface area contributed by atoms with Crippen molar-refractivity contribution < 1.29 is 18.0 Å². The second kappa shape index (κ2) is 11.6. The Labute approximate surface area is 225 Å². The molecule has 5 nitrogen and oxygen atoms in total. The number of anilines is 1. The molecular weight excluding hydrogens is 513 g/mol. The predicted octanol–water partition coefficient (Wildman–Crippen LogP) is 5.77. The van der Waals surface area contributed by atoms with Gasteiger partial charge in [0.2, 0.25) is 0 Å². The molecule has 0 saturated carbocycles. The lowest BCUT2D eigenvalue weighted by Gasteiger charge is -2.33. The predicted molar refractivity (Wildman–Crippen MR) is 143 cm³/mol. The van der Waals surface area contributed by atoms with E-state index in [0.717, 1.165) is 30.3 Å². The van der Waals surface area contributed by atoms with E-state index in [9.17, 15) is 18.0 Å². The number of amides is 1. The number of pyridine rings is 1. The quantitative estimate of drug-likeness (QED) is 0.337. The maximum absolute atomic E-state index is 13.9. The SMILES string of the molecule is Cc1ccc(C(=O)Nc2ccc(CN3CCN(C)CC3)c(C(F)(F)F)c2)cc1C#Cc1cnc(Cl)c(C)c1. The fraction of sp³-hybridized carbons (Fsp3) is 0.310. The van der Waals surface area contributed by atoms with Gasteiger partial charge in [0.05, 0.1) is 5.56 Å². The Kier molecular flexibility index (Phi) is 8.41. The van der Waals surface area contributed by atoms with Gasteiger partial charge in [0.15, 0.2) is 0 Å². The van der Waals surface area contributed by atoms with E-state index < -0.39 is 17.6 Å². The normalized spacial score (nSPS) is 14.6. The lowest BCUT2D eigenvalue weighted by molar-refractivity contribution is -0.138. The highest BCUT2D eigenvalue weighted by atomic mass is 35.5. The Morgan fingerprint density at radius 1 is 1.03 bits per heavy atom. The average Bonchev–Trinajstić information content (AvgIpc) is 2.87. The number of hydrogen-bond acceptors (Lipinski definition) is 4. The van der Waals surface area contributed by atoms with Crippen molar-refractivity contribution in [2.75, 3.05) is 38.5 Å². The number of benzene rings is 2. The molecule has 0 radical (unpaired) electrons. The van der Waals surface area contributed by atoms with Crippen molar-refractivity contribution in [1.29, 1.82) is 0 Å². The van der Waals surface area contributed by atoms with Crippen molar-refractivity contribution >= 4 is 23.2 Å². The van der Waals surface area contributed by atoms with Crippen LogP contribution in [-0.2, 0) is 12.7 Å². The van der Waals surface area contributed by atoms with Gasteiger partial charge >= 0.3 is 6.18 Å². The van der Waals surface area contributed by atoms with Crippen molar-refractivity contribution in [1.82, 2.24) is 14.8 Å². The van der Waals surface area contributed by atoms with E-state index in [4.69, 9.17) is 11.6 Å². The van der Waals surface area contributed by atoms with Crippen LogP contribution in [0.3, 0.4) is 0 Å². The Bertz CT molecular complexity index is 1400. The number of nitrogens with zero attached hydrogens (tertiary/aromatic N) is 3. The fourth-order valence-corrected chi connectivity index (χ4v) is 4.27. The summed E-state index contributed by atoms with van der Waals surface area (Å²) in [5, 5.41) is 3.02. The minimum atomic E-state index is -4.54. The van der Waals surface area contributed by atoms with Crippen LogP contribution < -0.4 is 5.32 Å². The van der Waals surface area contributed by atoms with Gasteiger partial charge in [-0.05, 0) is 67.9 Å². The molecule has 1 aromatic heterocycles. The zero-order valence-corrected chi connectivity index (χ0v) is 22.2. The van der Waals surface area contributed by atoms with E-state index in [0.29, 0.717) is 34.9 Å². The van der Waals surface area contributed by atoms with Gasteiger partial charge in [-0.25, -0.2) is 4.98 Å². The van der Waals surface area contributed by atoms with Crippen molar-refractivity contribution in [3.63, 3.8) is 0 Å². The first-order valence-electron chi connectivity index (χ1n) is 12.2. The Balaban J connectivity index is 1.53. The number of likely N-dealkylation sites (N-methyl/N-ethyl adjacent to an activating group) is 1. The Morgan fingerprint density at radius 2 is 1.76 bits per heavy atom. The Morgan fingerprint density at radius 3 is 2.45 bits per heavy atom. The van der Waals surface area contributed by atoms with Crippen LogP contribution in [0.1, 0.15) is 43.7 Å². The monoisotopic (exact) mass is 540 g/mol. The van der Waals surface area contributed by atoms with E-state index in [-0.39, 0.29) is 17.8 Å². The number of carbonyl (C=O) groups excluding carboxylic acids is 1. The van der Waals surface area contributed by atoms with Crippen LogP contribution in [-0.4, -0.2) is 53.9 Å². The molecule has 198 valence electrons. The summed E-state index contributed by atoms with van der Waals surface area (Å²) < 4.78 is 41.7. The summed E-state index contributed by atoms with van der Waals surface area (Å²) in [6.45, 7) is 6.95. The first kappa shape index (κ1) is 27.6. The van der Waals surface area contributed by atoms with Crippen LogP contribution in [0.5, 0.6) is 0 Å². The molecule has 1 fully saturated rings. The summed E-state index contributed by atoms with van der Waals surface area (Å²) in [4.78, 5) is 21.2. The number of rotatable bonds is 4. The van der Waals surface area contributed by atoms with E-state index in [1.54, 1.807) is 24.4 Å². The molecular formula is C29H28ClF3N4O. The molecule has 38 heavy (non-hydrogen) atoms. The minimum Gasteiger partial charge on any atom is -0.322 e. The maximum atomic E-state index is 13.9. The highest BCUT2D eigenvalue weighted by Crippen LogP contribution is 2.34. The molecule has 1 N–H and O–H groups in total. The molecule has 0 spiro atoms. The second-order valence-electron chi connectivity index (χ2n) is 9.51. The summed E-state index contributed by atoms with van der Waals surface area (Å²) in [5.74, 6) is 5.54. The first-order valence-corrected chi connectivity index (χ1v) is 12.5. The van der Waals surface area contributed by atoms with E-state index >= 15 is 0 Å². The van der Waals surface area contributed by atoms with Gasteiger partial charge < -0.3 is 10.2 Å². The van der Waals surface area contributed by atoms with Crippen molar-refractivity contribution in [3.05, 3.63) is 92.8 Å². The van der Waals surface area contributed by atoms with E-state index in [1.807, 2.05) is 31.9 Å². The van der Waals surface area contributed by atoms with Gasteiger partial charge in [0.1, 0.15) is 5.15 Å². The smallest absolute Gasteiger partial charge is 0.322 e. The standard InChI is InChI=1S/C29H28ClF3N4O/c1-19-4-6-23(15-22(19)7-5-21-14-20(2)27(30)34-17-21)28(38)35-25-9-8-24(26(16-25)29(31,32)33)18-37-12-10-36(3)11-13-37/h4,6,8-9,14-17H,10-13,18H2,1-3H3,(H,35,38). The van der Waals surface area contributed by atoms with Gasteiger partial charge in [-0.3, -0.25) is 9.69 Å². The number of aryl methyl sites for hydroxylation is 2. The number of halogens is 4. The van der Waals surface area contributed by atoms with Crippen molar-refractivity contribution in [2.24, 2.45) is 0 Å². The molecule has 0 aliphatic carbocycles. The lowest BCUT2D eigenvalue weighted by atomic mass is 10.0. The van der Waals surface area contributed by atoms with Crippen LogP contribution in [0.15, 0.2) is 48.7 Å². The third-order valence-corrected chi connectivity index (χ3v) is 6.91. The topological polar surface area (TPSA) is 48.5 Å². The third-order valence-electron chi connectivity index (χ3n) is 6.52. The summed E-state index contributed by atoms with van der Waals surface area (Å²) >= 11 is 5.97. The molecule has 1 saturated heterocycles. The number of carbonyl (C=O) groups is 1. The van der Waals surface area contributed by atoms with Gasteiger partial charge in [-0.2, -0.15) is 13.2 Å². The number of hydrogen-bond donors (Lipinski definition) is 1. The molecule has 0 atom stereocenters. The Hall–Kier alpha value is -3.38. The summed E-state index contributed by atoms with van der Waals surface area (Å²) in [6.07, 6.45) is -2.97. The summed E-state index contributed by atoms with van der Waals surface area (Å²) in [6, 6.07) is 10.8. The zero-order valence-electron chi connectivity index (χ0n) is 21.4. The van der Waals surface area contributed by atoms with Gasteiger partial charge in [0.25, 0.3) is 5.91 Å². The van der Waals surface area contributed by atoms with E-state index in [2.05, 4.69) is 27.0 Å². The average molecular weight is 541 g/mol. The van der Waals surface area contributed by atoms with E-state index in [1.165, 1.54) is 12.1 Å². The minimum absolute atomic E-state index is 0.0837. The third kappa shape index (κ3) is 6.93. The molecule has 4 rings (SSSR count). The second-order valence-corrected chi connectivity index (χ2v) is 9.87. The van der Waals surface area contributed by atoms with Crippen LogP contribution in [0.4, 0.5) is 18.9 Å². The molecule has 3 aromatic rings. The zero-order chi connectivity index (χ0) is 27.4. The molecule has 9 heteroatoms. The molecule has 2 heterocycles. The highest BCUT2D eigenvalue weighted by molar-refractivity contribution is 6.30. The van der Waals surface area contributed by atoms with Crippen LogP contribution >= 0.6 is 11.6 Å². The van der Waals surface area contributed by atoms with Gasteiger partial charge in [-0.15, -0.1) is 0 Å². The molecule has 1 aliphatic rings. The maximum Gasteiger partial charge on any atom is 0.416 e. The van der Waals surface area contributed by atoms with Crippen LogP contribution in [0, 0.1) is 25.7 Å². The molecule has 1 amide bonds. The largest absolute Gasteiger partial charge is 0.416 e. The van der Waals surface area contributed by atoms with Crippen molar-refractivity contribution in [3.8, 4) is 11.8 Å². The number of piperazine rings is 1. The molecule has 0 unspecified atom stereocenters. The summed E-state index contributed by atoms with van der Waals surface area (Å²) in [7, 11) is 2.00. The number of aromatic nitrogens is 1. The number of nitrogens with one attached hydrogen (secondary N) is 1. The van der Waals surface area contributed by atoms with Crippen molar-refractivity contribution in [2.45, 2.75) is 26.6 Å². The van der Waals surface area contributed by atoms with Crippen LogP contribution in [0.25, 0.3) is 0 Å². The number of alkyl halides is 3. The highest BCUT2D eigenvalue weighted by Gasteiger charge is 2.34. The molecule has 1 aliphatic heterocycles. The van der Waals surface area contributed by atoms with Crippen LogP contribution in [0.2, 0.25) is 5.15 Å². The van der Waals surface area contributed by atoms with Gasteiger partial charge in [0, 0.05) is 61.3 Å². The molecule has 0 bridgehead atoms. The van der Waals surface area contributed by atoms with Gasteiger partial charge in [-0.1, -0.05) is 35.6 Å². The lowest BCUT2D eigenvalue weighted by Crippen LogP contribution is -2.44. The molecule has 2 aromatic carbocycles. The summed E-state index contributed by atoms with van der Waals surface area (Å²) in [5.41, 5.74) is 2.80.